The zero-order chi connectivity index (χ0) is 16.4. The van der Waals surface area contributed by atoms with E-state index in [-0.39, 0.29) is 17.2 Å². The first kappa shape index (κ1) is 16.4. The van der Waals surface area contributed by atoms with Crippen LogP contribution in [0, 0.1) is 5.82 Å². The van der Waals surface area contributed by atoms with Crippen molar-refractivity contribution in [1.82, 2.24) is 4.90 Å². The molecule has 2 amide bonds. The Morgan fingerprint density at radius 2 is 1.96 bits per heavy atom. The monoisotopic (exact) mass is 370 g/mol. The van der Waals surface area contributed by atoms with Crippen molar-refractivity contribution in [3.8, 4) is 0 Å². The average Bonchev–Trinajstić information content (AvgIpc) is 3.02. The van der Waals surface area contributed by atoms with Crippen molar-refractivity contribution < 1.29 is 9.18 Å². The number of halogens is 3. The summed E-state index contributed by atoms with van der Waals surface area (Å²) in [7, 11) is 0. The molecular weight excluding hydrogens is 358 g/mol. The van der Waals surface area contributed by atoms with Gasteiger partial charge in [0.1, 0.15) is 11.2 Å². The van der Waals surface area contributed by atoms with E-state index in [1.54, 1.807) is 47.0 Å². The Morgan fingerprint density at radius 3 is 2.70 bits per heavy atom. The van der Waals surface area contributed by atoms with E-state index < -0.39 is 0 Å². The molecule has 3 rings (SSSR count). The van der Waals surface area contributed by atoms with Crippen molar-refractivity contribution in [2.45, 2.75) is 5.37 Å². The Hall–Kier alpha value is -1.43. The third kappa shape index (κ3) is 3.57. The number of thioether (sulfide) groups is 1. The van der Waals surface area contributed by atoms with Gasteiger partial charge in [0.2, 0.25) is 0 Å². The number of rotatable bonds is 2. The molecule has 120 valence electrons. The van der Waals surface area contributed by atoms with Crippen LogP contribution in [-0.2, 0) is 0 Å². The molecule has 0 aliphatic carbocycles. The molecule has 23 heavy (non-hydrogen) atoms. The van der Waals surface area contributed by atoms with Crippen LogP contribution in [0.3, 0.4) is 0 Å². The molecule has 0 saturated carbocycles. The fourth-order valence-electron chi connectivity index (χ4n) is 2.37. The van der Waals surface area contributed by atoms with Crippen LogP contribution in [0.4, 0.5) is 14.9 Å². The fourth-order valence-corrected chi connectivity index (χ4v) is 3.97. The summed E-state index contributed by atoms with van der Waals surface area (Å²) in [6.45, 7) is 0.608. The molecule has 0 unspecified atom stereocenters. The van der Waals surface area contributed by atoms with Gasteiger partial charge in [-0.2, -0.15) is 0 Å². The minimum Gasteiger partial charge on any atom is -0.308 e. The second-order valence-corrected chi connectivity index (χ2v) is 6.97. The molecule has 3 nitrogen and oxygen atoms in total. The maximum absolute atomic E-state index is 13.1. The molecule has 0 spiro atoms. The van der Waals surface area contributed by atoms with Gasteiger partial charge in [0.05, 0.1) is 15.7 Å². The minimum atomic E-state index is -0.293. The predicted molar refractivity (Wildman–Crippen MR) is 93.8 cm³/mol. The molecule has 1 aliphatic rings. The Balaban J connectivity index is 1.78. The quantitative estimate of drug-likeness (QED) is 0.765. The highest BCUT2D eigenvalue weighted by Gasteiger charge is 2.31. The standard InChI is InChI=1S/C16H13Cl2FN2OS/c17-12-2-1-3-13(14(12)18)20-16(22)21-8-9-23-15(21)10-4-6-11(19)7-5-10/h1-7,15H,8-9H2,(H,20,22)/t15-/m1/s1. The molecule has 1 atom stereocenters. The van der Waals surface area contributed by atoms with E-state index in [4.69, 9.17) is 23.2 Å². The van der Waals surface area contributed by atoms with Crippen molar-refractivity contribution in [2.75, 3.05) is 17.6 Å². The van der Waals surface area contributed by atoms with Gasteiger partial charge in [-0.15, -0.1) is 11.8 Å². The number of anilines is 1. The third-order valence-corrected chi connectivity index (χ3v) is 5.58. The normalized spacial score (nSPS) is 17.3. The SMILES string of the molecule is O=C(Nc1cccc(Cl)c1Cl)N1CCS[C@@H]1c1ccc(F)cc1. The lowest BCUT2D eigenvalue weighted by Crippen LogP contribution is -2.34. The molecule has 0 aromatic heterocycles. The first-order chi connectivity index (χ1) is 11.1. The van der Waals surface area contributed by atoms with Crippen molar-refractivity contribution in [2.24, 2.45) is 0 Å². The van der Waals surface area contributed by atoms with Crippen LogP contribution in [0.15, 0.2) is 42.5 Å². The number of hydrogen-bond acceptors (Lipinski definition) is 2. The summed E-state index contributed by atoms with van der Waals surface area (Å²) in [4.78, 5) is 14.3. The van der Waals surface area contributed by atoms with Crippen LogP contribution in [0.1, 0.15) is 10.9 Å². The summed E-state index contributed by atoms with van der Waals surface area (Å²) >= 11 is 13.7. The number of carbonyl (C=O) groups is 1. The zero-order valence-corrected chi connectivity index (χ0v) is 14.3. The van der Waals surface area contributed by atoms with Crippen LogP contribution < -0.4 is 5.32 Å². The van der Waals surface area contributed by atoms with E-state index in [2.05, 4.69) is 5.32 Å². The maximum atomic E-state index is 13.1. The van der Waals surface area contributed by atoms with E-state index in [0.29, 0.717) is 22.3 Å². The van der Waals surface area contributed by atoms with E-state index >= 15 is 0 Å². The molecule has 1 N–H and O–H groups in total. The van der Waals surface area contributed by atoms with Gasteiger partial charge in [-0.3, -0.25) is 0 Å². The van der Waals surface area contributed by atoms with Crippen LogP contribution >= 0.6 is 35.0 Å². The molecule has 0 radical (unpaired) electrons. The molecular formula is C16H13Cl2FN2OS. The Morgan fingerprint density at radius 1 is 1.22 bits per heavy atom. The summed E-state index contributed by atoms with van der Waals surface area (Å²) in [5, 5.41) is 3.34. The van der Waals surface area contributed by atoms with Crippen LogP contribution in [-0.4, -0.2) is 23.2 Å². The molecule has 1 heterocycles. The number of carbonyl (C=O) groups excluding carboxylic acids is 1. The van der Waals surface area contributed by atoms with E-state index in [9.17, 15) is 9.18 Å². The lowest BCUT2D eigenvalue weighted by atomic mass is 10.2. The topological polar surface area (TPSA) is 32.3 Å². The lowest BCUT2D eigenvalue weighted by molar-refractivity contribution is 0.214. The summed E-state index contributed by atoms with van der Waals surface area (Å²) in [5.74, 6) is 0.525. The van der Waals surface area contributed by atoms with Gasteiger partial charge >= 0.3 is 6.03 Å². The van der Waals surface area contributed by atoms with E-state index in [1.165, 1.54) is 12.1 Å². The fraction of sp³-hybridized carbons (Fsp3) is 0.188. The molecule has 0 bridgehead atoms. The number of urea groups is 1. The average molecular weight is 371 g/mol. The summed E-state index contributed by atoms with van der Waals surface area (Å²) in [6, 6.07) is 11.0. The minimum absolute atomic E-state index is 0.145. The Labute approximate surface area is 147 Å². The molecule has 1 fully saturated rings. The smallest absolute Gasteiger partial charge is 0.308 e. The predicted octanol–water partition coefficient (Wildman–Crippen LogP) is 5.41. The number of amides is 2. The Kier molecular flexibility index (Phi) is 4.99. The summed E-state index contributed by atoms with van der Waals surface area (Å²) in [6.07, 6.45) is 0. The van der Waals surface area contributed by atoms with E-state index in [0.717, 1.165) is 11.3 Å². The van der Waals surface area contributed by atoms with Gasteiger partial charge in [0, 0.05) is 12.3 Å². The molecule has 1 aliphatic heterocycles. The Bertz CT molecular complexity index is 727. The number of nitrogens with one attached hydrogen (secondary N) is 1. The molecule has 2 aromatic carbocycles. The second-order valence-electron chi connectivity index (χ2n) is 5.00. The van der Waals surface area contributed by atoms with Gasteiger partial charge in [-0.25, -0.2) is 9.18 Å². The molecule has 2 aromatic rings. The number of nitrogens with zero attached hydrogens (tertiary/aromatic N) is 1. The van der Waals surface area contributed by atoms with Gasteiger partial charge in [-0.1, -0.05) is 41.4 Å². The zero-order valence-electron chi connectivity index (χ0n) is 11.9. The first-order valence-corrected chi connectivity index (χ1v) is 8.75. The highest BCUT2D eigenvalue weighted by atomic mass is 35.5. The summed E-state index contributed by atoms with van der Waals surface area (Å²) in [5.41, 5.74) is 1.36. The number of hydrogen-bond donors (Lipinski definition) is 1. The summed E-state index contributed by atoms with van der Waals surface area (Å²) < 4.78 is 13.1. The first-order valence-electron chi connectivity index (χ1n) is 6.95. The van der Waals surface area contributed by atoms with Gasteiger partial charge in [-0.05, 0) is 29.8 Å². The molecule has 1 saturated heterocycles. The van der Waals surface area contributed by atoms with E-state index in [1.807, 2.05) is 0 Å². The maximum Gasteiger partial charge on any atom is 0.323 e. The third-order valence-electron chi connectivity index (χ3n) is 3.50. The van der Waals surface area contributed by atoms with Crippen molar-refractivity contribution in [1.29, 1.82) is 0 Å². The van der Waals surface area contributed by atoms with Crippen LogP contribution in [0.25, 0.3) is 0 Å². The molecule has 7 heteroatoms. The number of benzene rings is 2. The second kappa shape index (κ2) is 6.99. The van der Waals surface area contributed by atoms with Crippen molar-refractivity contribution in [3.05, 3.63) is 63.9 Å². The highest BCUT2D eigenvalue weighted by molar-refractivity contribution is 7.99. The van der Waals surface area contributed by atoms with Crippen LogP contribution in [0.5, 0.6) is 0 Å². The van der Waals surface area contributed by atoms with Crippen molar-refractivity contribution >= 4 is 46.7 Å². The van der Waals surface area contributed by atoms with Gasteiger partial charge < -0.3 is 10.2 Å². The van der Waals surface area contributed by atoms with Crippen molar-refractivity contribution in [3.63, 3.8) is 0 Å². The largest absolute Gasteiger partial charge is 0.323 e. The van der Waals surface area contributed by atoms with Gasteiger partial charge in [0.25, 0.3) is 0 Å². The lowest BCUT2D eigenvalue weighted by Gasteiger charge is -2.24. The van der Waals surface area contributed by atoms with Gasteiger partial charge in [0.15, 0.2) is 0 Å². The highest BCUT2D eigenvalue weighted by Crippen LogP contribution is 2.38. The van der Waals surface area contributed by atoms with Crippen LogP contribution in [0.2, 0.25) is 10.0 Å².